The van der Waals surface area contributed by atoms with E-state index in [4.69, 9.17) is 25.9 Å². The van der Waals surface area contributed by atoms with Crippen LogP contribution in [0, 0.1) is 0 Å². The zero-order valence-electron chi connectivity index (χ0n) is 24.4. The van der Waals surface area contributed by atoms with Crippen LogP contribution in [0.2, 0.25) is 5.02 Å². The Hall–Kier alpha value is -4.80. The standard InChI is InChI=1S/C34H28BrClN4O5/c1-43-28-15-3-22(4-16-28)19-38-21-30(32(41)39(34(38)42)20-23-5-17-29(44-2)18-6-23)40-31(24-9-13-27(36)14-10-24)37-45-33(40)25-7-11-26(35)12-8-25/h3-18,21,33H,19-20H2,1-2H3. The van der Waals surface area contributed by atoms with Crippen molar-refractivity contribution in [2.45, 2.75) is 19.3 Å². The van der Waals surface area contributed by atoms with Crippen LogP contribution >= 0.6 is 27.5 Å². The first-order valence-corrected chi connectivity index (χ1v) is 15.2. The molecule has 1 atom stereocenters. The summed E-state index contributed by atoms with van der Waals surface area (Å²) in [6.07, 6.45) is 0.795. The van der Waals surface area contributed by atoms with Gasteiger partial charge in [0.25, 0.3) is 5.56 Å². The molecule has 5 aromatic rings. The van der Waals surface area contributed by atoms with Gasteiger partial charge in [-0.2, -0.15) is 0 Å². The summed E-state index contributed by atoms with van der Waals surface area (Å²) in [7, 11) is 3.18. The lowest BCUT2D eigenvalue weighted by molar-refractivity contribution is 0.0865. The highest BCUT2D eigenvalue weighted by atomic mass is 79.9. The molecule has 0 radical (unpaired) electrons. The highest BCUT2D eigenvalue weighted by Crippen LogP contribution is 2.34. The minimum atomic E-state index is -0.780. The molecule has 11 heteroatoms. The third-order valence-corrected chi connectivity index (χ3v) is 8.23. The molecule has 6 rings (SSSR count). The van der Waals surface area contributed by atoms with Gasteiger partial charge in [-0.05, 0) is 71.8 Å². The van der Waals surface area contributed by atoms with E-state index in [1.165, 1.54) is 9.13 Å². The molecule has 4 aromatic carbocycles. The predicted molar refractivity (Wildman–Crippen MR) is 178 cm³/mol. The van der Waals surface area contributed by atoms with Crippen molar-refractivity contribution in [2.24, 2.45) is 5.16 Å². The van der Waals surface area contributed by atoms with Gasteiger partial charge in [-0.1, -0.05) is 69.1 Å². The summed E-state index contributed by atoms with van der Waals surface area (Å²) in [6.45, 7) is 0.257. The lowest BCUT2D eigenvalue weighted by Crippen LogP contribution is -2.45. The van der Waals surface area contributed by atoms with Crippen LogP contribution in [0.15, 0.2) is 122 Å². The first-order chi connectivity index (χ1) is 21.8. The molecular formula is C34H28BrClN4O5. The smallest absolute Gasteiger partial charge is 0.331 e. The Bertz CT molecular complexity index is 1960. The molecule has 0 bridgehead atoms. The zero-order chi connectivity index (χ0) is 31.5. The number of aromatic nitrogens is 2. The molecule has 0 amide bonds. The molecule has 0 spiro atoms. The number of amidine groups is 1. The summed E-state index contributed by atoms with van der Waals surface area (Å²) in [5.74, 6) is 1.78. The fraction of sp³-hybridized carbons (Fsp3) is 0.147. The number of methoxy groups -OCH3 is 2. The first kappa shape index (κ1) is 30.2. The maximum absolute atomic E-state index is 14.4. The number of oxime groups is 1. The van der Waals surface area contributed by atoms with Crippen molar-refractivity contribution in [1.82, 2.24) is 9.13 Å². The second-order valence-corrected chi connectivity index (χ2v) is 11.7. The normalized spacial score (nSPS) is 14.2. The number of anilines is 1. The molecule has 1 aliphatic heterocycles. The number of hydrogen-bond acceptors (Lipinski definition) is 7. The molecule has 1 aliphatic rings. The average molecular weight is 688 g/mol. The number of hydrogen-bond donors (Lipinski definition) is 0. The van der Waals surface area contributed by atoms with Gasteiger partial charge >= 0.3 is 5.69 Å². The minimum Gasteiger partial charge on any atom is -0.497 e. The number of benzene rings is 4. The highest BCUT2D eigenvalue weighted by Gasteiger charge is 2.36. The van der Waals surface area contributed by atoms with E-state index < -0.39 is 17.5 Å². The van der Waals surface area contributed by atoms with E-state index in [0.717, 1.165) is 21.2 Å². The second kappa shape index (κ2) is 13.1. The Morgan fingerprint density at radius 1 is 0.800 bits per heavy atom. The summed E-state index contributed by atoms with van der Waals surface area (Å²) in [5.41, 5.74) is 2.34. The Morgan fingerprint density at radius 3 is 1.96 bits per heavy atom. The molecule has 1 unspecified atom stereocenters. The van der Waals surface area contributed by atoms with E-state index >= 15 is 0 Å². The van der Waals surface area contributed by atoms with Gasteiger partial charge in [0, 0.05) is 26.8 Å². The molecule has 1 aromatic heterocycles. The molecule has 9 nitrogen and oxygen atoms in total. The lowest BCUT2D eigenvalue weighted by Gasteiger charge is -2.26. The van der Waals surface area contributed by atoms with Crippen molar-refractivity contribution in [3.8, 4) is 11.5 Å². The van der Waals surface area contributed by atoms with Gasteiger partial charge < -0.3 is 14.3 Å². The van der Waals surface area contributed by atoms with E-state index in [9.17, 15) is 9.59 Å². The van der Waals surface area contributed by atoms with Crippen LogP contribution in [0.5, 0.6) is 11.5 Å². The topological polar surface area (TPSA) is 87.3 Å². The molecule has 0 fully saturated rings. The molecule has 0 saturated carbocycles. The van der Waals surface area contributed by atoms with Gasteiger partial charge in [-0.25, -0.2) is 4.79 Å². The van der Waals surface area contributed by atoms with Crippen LogP contribution in [-0.2, 0) is 17.9 Å². The van der Waals surface area contributed by atoms with Crippen LogP contribution in [-0.4, -0.2) is 29.2 Å². The molecule has 0 saturated heterocycles. The van der Waals surface area contributed by atoms with Crippen LogP contribution in [0.4, 0.5) is 5.69 Å². The SMILES string of the molecule is COc1ccc(Cn2cc(N3C(c4ccc(Cl)cc4)=NOC3c3ccc(Br)cc3)c(=O)n(Cc3ccc(OC)cc3)c2=O)cc1. The van der Waals surface area contributed by atoms with Crippen LogP contribution < -0.4 is 25.6 Å². The minimum absolute atomic E-state index is 0.0448. The highest BCUT2D eigenvalue weighted by molar-refractivity contribution is 9.10. The van der Waals surface area contributed by atoms with E-state index in [0.29, 0.717) is 27.9 Å². The van der Waals surface area contributed by atoms with Gasteiger partial charge in [0.1, 0.15) is 17.2 Å². The quantitative estimate of drug-likeness (QED) is 0.177. The Labute approximate surface area is 272 Å². The largest absolute Gasteiger partial charge is 0.497 e. The summed E-state index contributed by atoms with van der Waals surface area (Å²) in [5, 5.41) is 4.99. The summed E-state index contributed by atoms with van der Waals surface area (Å²) < 4.78 is 14.2. The molecule has 45 heavy (non-hydrogen) atoms. The fourth-order valence-corrected chi connectivity index (χ4v) is 5.46. The monoisotopic (exact) mass is 686 g/mol. The Balaban J connectivity index is 1.52. The fourth-order valence-electron chi connectivity index (χ4n) is 5.07. The van der Waals surface area contributed by atoms with Gasteiger partial charge in [-0.3, -0.25) is 18.8 Å². The Kier molecular flexibility index (Phi) is 8.77. The van der Waals surface area contributed by atoms with Crippen molar-refractivity contribution in [3.63, 3.8) is 0 Å². The maximum atomic E-state index is 14.4. The van der Waals surface area contributed by atoms with E-state index in [1.54, 1.807) is 49.6 Å². The van der Waals surface area contributed by atoms with Crippen molar-refractivity contribution in [3.05, 3.63) is 156 Å². The number of ether oxygens (including phenoxy) is 2. The summed E-state index contributed by atoms with van der Waals surface area (Å²) in [4.78, 5) is 36.1. The number of nitrogens with zero attached hydrogens (tertiary/aromatic N) is 4. The van der Waals surface area contributed by atoms with Gasteiger partial charge in [0.2, 0.25) is 6.23 Å². The molecule has 0 aliphatic carbocycles. The summed E-state index contributed by atoms with van der Waals surface area (Å²) >= 11 is 9.68. The lowest BCUT2D eigenvalue weighted by atomic mass is 10.1. The van der Waals surface area contributed by atoms with Crippen LogP contribution in [0.1, 0.15) is 28.5 Å². The predicted octanol–water partition coefficient (Wildman–Crippen LogP) is 6.44. The van der Waals surface area contributed by atoms with Gasteiger partial charge in [0.05, 0.1) is 27.3 Å². The average Bonchev–Trinajstić information content (AvgIpc) is 3.50. The van der Waals surface area contributed by atoms with E-state index in [-0.39, 0.29) is 18.8 Å². The number of halogens is 2. The Morgan fingerprint density at radius 2 is 1.38 bits per heavy atom. The third-order valence-electron chi connectivity index (χ3n) is 7.45. The zero-order valence-corrected chi connectivity index (χ0v) is 26.7. The van der Waals surface area contributed by atoms with E-state index in [2.05, 4.69) is 21.1 Å². The molecule has 2 heterocycles. The summed E-state index contributed by atoms with van der Waals surface area (Å²) in [6, 6.07) is 29.4. The van der Waals surface area contributed by atoms with Gasteiger partial charge in [0.15, 0.2) is 5.84 Å². The molecule has 228 valence electrons. The maximum Gasteiger partial charge on any atom is 0.331 e. The number of rotatable bonds is 9. The third kappa shape index (κ3) is 6.38. The van der Waals surface area contributed by atoms with Gasteiger partial charge in [-0.15, -0.1) is 0 Å². The molecular weight excluding hydrogens is 660 g/mol. The van der Waals surface area contributed by atoms with E-state index in [1.807, 2.05) is 72.8 Å². The van der Waals surface area contributed by atoms with Crippen molar-refractivity contribution in [1.29, 1.82) is 0 Å². The van der Waals surface area contributed by atoms with Crippen molar-refractivity contribution < 1.29 is 14.3 Å². The van der Waals surface area contributed by atoms with Crippen LogP contribution in [0.25, 0.3) is 0 Å². The van der Waals surface area contributed by atoms with Crippen molar-refractivity contribution in [2.75, 3.05) is 19.1 Å². The molecule has 0 N–H and O–H groups in total. The van der Waals surface area contributed by atoms with Crippen LogP contribution in [0.3, 0.4) is 0 Å². The second-order valence-electron chi connectivity index (χ2n) is 10.3. The first-order valence-electron chi connectivity index (χ1n) is 14.0. The van der Waals surface area contributed by atoms with Crippen molar-refractivity contribution >= 4 is 39.1 Å².